The summed E-state index contributed by atoms with van der Waals surface area (Å²) < 4.78 is 0. The predicted molar refractivity (Wildman–Crippen MR) is 143 cm³/mol. The van der Waals surface area contributed by atoms with Crippen molar-refractivity contribution in [3.63, 3.8) is 0 Å². The van der Waals surface area contributed by atoms with Gasteiger partial charge in [0.25, 0.3) is 0 Å². The molecule has 0 aliphatic carbocycles. The molecule has 0 N–H and O–H groups in total. The maximum atomic E-state index is 5.02. The second-order valence-electron chi connectivity index (χ2n) is 8.93. The van der Waals surface area contributed by atoms with Crippen LogP contribution >= 0.6 is 0 Å². The normalized spacial score (nSPS) is 11.7. The molecule has 0 aliphatic rings. The number of benzene rings is 2. The molecular weight excluding hydrogens is 447 g/mol. The van der Waals surface area contributed by atoms with Gasteiger partial charge in [-0.2, -0.15) is 0 Å². The third-order valence-corrected chi connectivity index (χ3v) is 5.88. The van der Waals surface area contributed by atoms with Crippen LogP contribution in [0.1, 0.15) is 103 Å². The van der Waals surface area contributed by atoms with Crippen molar-refractivity contribution in [2.75, 3.05) is 0 Å². The third kappa shape index (κ3) is 12.9. The average Bonchev–Trinajstić information content (AvgIpc) is 2.82. The fraction of sp³-hybridized carbons (Fsp3) is 0.533. The van der Waals surface area contributed by atoms with Crippen LogP contribution in [0.25, 0.3) is 0 Å². The number of unbranched alkanes of at least 4 members (excludes halogenated alkanes) is 7. The number of aryl methyl sites for hydroxylation is 2. The van der Waals surface area contributed by atoms with Crippen LogP contribution in [0.3, 0.4) is 0 Å². The van der Waals surface area contributed by atoms with Crippen LogP contribution in [0.15, 0.2) is 58.5 Å². The van der Waals surface area contributed by atoms with E-state index < -0.39 is 0 Å². The van der Waals surface area contributed by atoms with Gasteiger partial charge in [0.2, 0.25) is 0 Å². The van der Waals surface area contributed by atoms with E-state index in [1.54, 1.807) is 0 Å². The van der Waals surface area contributed by atoms with Gasteiger partial charge in [-0.25, -0.2) is 0 Å². The van der Waals surface area contributed by atoms with Crippen LogP contribution in [-0.4, -0.2) is 11.9 Å². The van der Waals surface area contributed by atoms with Crippen LogP contribution in [0.4, 0.5) is 11.4 Å². The zero-order chi connectivity index (χ0) is 22.9. The standard InChI is InChI=1S/C30H44N2.Ni/c1-4-7-10-11-12-13-20-30(32-29-22-15-19-27(24-29)17-9-6-3)25-31-28-21-14-18-26(23-28)16-8-5-2;/h14-15,18-19,21-25H,4-13,16-17,20H2,1-3H3;/b31-25+,32-30+;. The van der Waals surface area contributed by atoms with Crippen molar-refractivity contribution in [2.45, 2.75) is 104 Å². The van der Waals surface area contributed by atoms with Gasteiger partial charge in [0, 0.05) is 22.7 Å². The second-order valence-corrected chi connectivity index (χ2v) is 8.93. The topological polar surface area (TPSA) is 24.7 Å². The first kappa shape index (κ1) is 29.3. The van der Waals surface area contributed by atoms with Crippen molar-refractivity contribution < 1.29 is 16.5 Å². The van der Waals surface area contributed by atoms with Gasteiger partial charge >= 0.3 is 0 Å². The Morgan fingerprint density at radius 2 is 1.21 bits per heavy atom. The van der Waals surface area contributed by atoms with E-state index in [1.165, 1.54) is 75.3 Å². The zero-order valence-corrected chi connectivity index (χ0v) is 22.1. The summed E-state index contributed by atoms with van der Waals surface area (Å²) in [7, 11) is 0. The van der Waals surface area contributed by atoms with Gasteiger partial charge in [-0.1, -0.05) is 90.0 Å². The zero-order valence-electron chi connectivity index (χ0n) is 21.1. The number of hydrogen-bond acceptors (Lipinski definition) is 2. The SMILES string of the molecule is CCCCCCCCC(/C=N/c1cccc(CCCC)c1)=N\c1cccc(CCCC)c1.[Ni]. The smallest absolute Gasteiger partial charge is 0.0636 e. The maximum Gasteiger partial charge on any atom is 0.0636 e. The van der Waals surface area contributed by atoms with E-state index >= 15 is 0 Å². The van der Waals surface area contributed by atoms with Gasteiger partial charge in [0.1, 0.15) is 0 Å². The first-order valence-electron chi connectivity index (χ1n) is 13.0. The summed E-state index contributed by atoms with van der Waals surface area (Å²) in [4.78, 5) is 9.83. The summed E-state index contributed by atoms with van der Waals surface area (Å²) in [6.45, 7) is 6.76. The summed E-state index contributed by atoms with van der Waals surface area (Å²) in [6.07, 6.45) is 17.9. The molecule has 33 heavy (non-hydrogen) atoms. The van der Waals surface area contributed by atoms with Crippen LogP contribution in [0.5, 0.6) is 0 Å². The number of nitrogens with zero attached hydrogens (tertiary/aromatic N) is 2. The first-order valence-corrected chi connectivity index (χ1v) is 13.0. The summed E-state index contributed by atoms with van der Waals surface area (Å²) in [5, 5.41) is 0. The van der Waals surface area contributed by atoms with Crippen molar-refractivity contribution in [3.05, 3.63) is 59.7 Å². The van der Waals surface area contributed by atoms with Crippen LogP contribution in [0.2, 0.25) is 0 Å². The Morgan fingerprint density at radius 1 is 0.667 bits per heavy atom. The Balaban J connectivity index is 0.00000544. The molecule has 0 radical (unpaired) electrons. The van der Waals surface area contributed by atoms with Crippen molar-refractivity contribution in [3.8, 4) is 0 Å². The van der Waals surface area contributed by atoms with E-state index in [9.17, 15) is 0 Å². The minimum Gasteiger partial charge on any atom is -0.255 e. The molecule has 0 heterocycles. The molecule has 2 rings (SSSR count). The van der Waals surface area contributed by atoms with E-state index in [0.717, 1.165) is 36.3 Å². The molecule has 0 amide bonds. The maximum absolute atomic E-state index is 5.02. The molecule has 2 nitrogen and oxygen atoms in total. The summed E-state index contributed by atoms with van der Waals surface area (Å²) in [6, 6.07) is 17.4. The Kier molecular flexibility index (Phi) is 16.6. The number of hydrogen-bond donors (Lipinski definition) is 0. The molecule has 184 valence electrons. The van der Waals surface area contributed by atoms with Crippen molar-refractivity contribution in [2.24, 2.45) is 9.98 Å². The van der Waals surface area contributed by atoms with Crippen molar-refractivity contribution in [1.82, 2.24) is 0 Å². The molecule has 0 saturated heterocycles. The predicted octanol–water partition coefficient (Wildman–Crippen LogP) is 9.59. The Bertz CT molecular complexity index is 826. The van der Waals surface area contributed by atoms with E-state index in [2.05, 4.69) is 69.3 Å². The van der Waals surface area contributed by atoms with E-state index in [1.807, 2.05) is 6.21 Å². The van der Waals surface area contributed by atoms with Gasteiger partial charge in [-0.05, 0) is 73.9 Å². The van der Waals surface area contributed by atoms with Crippen molar-refractivity contribution >= 4 is 23.3 Å². The van der Waals surface area contributed by atoms with Gasteiger partial charge in [0.15, 0.2) is 0 Å². The van der Waals surface area contributed by atoms with Gasteiger partial charge in [-0.3, -0.25) is 9.98 Å². The number of rotatable bonds is 16. The quantitative estimate of drug-likeness (QED) is 0.127. The molecule has 2 aromatic carbocycles. The van der Waals surface area contributed by atoms with Crippen LogP contribution in [-0.2, 0) is 29.3 Å². The molecule has 0 fully saturated rings. The monoisotopic (exact) mass is 490 g/mol. The third-order valence-electron chi connectivity index (χ3n) is 5.88. The molecule has 0 bridgehead atoms. The van der Waals surface area contributed by atoms with Gasteiger partial charge in [0.05, 0.1) is 17.1 Å². The van der Waals surface area contributed by atoms with E-state index in [0.29, 0.717) is 0 Å². The molecule has 0 saturated carbocycles. The molecule has 2 aromatic rings. The fourth-order valence-corrected chi connectivity index (χ4v) is 3.89. The Hall–Kier alpha value is -1.73. The summed E-state index contributed by atoms with van der Waals surface area (Å²) in [5.74, 6) is 0. The molecular formula is C30H44N2Ni. The van der Waals surface area contributed by atoms with Crippen LogP contribution in [0, 0.1) is 0 Å². The van der Waals surface area contributed by atoms with Gasteiger partial charge < -0.3 is 0 Å². The molecule has 0 atom stereocenters. The Morgan fingerprint density at radius 3 is 1.85 bits per heavy atom. The molecule has 3 heteroatoms. The Labute approximate surface area is 213 Å². The van der Waals surface area contributed by atoms with E-state index in [-0.39, 0.29) is 16.5 Å². The second kappa shape index (κ2) is 18.7. The number of aliphatic imine (C=N–C) groups is 2. The van der Waals surface area contributed by atoms with Crippen molar-refractivity contribution in [1.29, 1.82) is 0 Å². The first-order chi connectivity index (χ1) is 15.7. The van der Waals surface area contributed by atoms with Crippen LogP contribution < -0.4 is 0 Å². The average molecular weight is 491 g/mol. The van der Waals surface area contributed by atoms with E-state index in [4.69, 9.17) is 9.98 Å². The molecule has 0 unspecified atom stereocenters. The molecule has 0 aromatic heterocycles. The minimum atomic E-state index is 0. The van der Waals surface area contributed by atoms with Gasteiger partial charge in [-0.15, -0.1) is 0 Å². The largest absolute Gasteiger partial charge is 0.255 e. The molecule has 0 spiro atoms. The molecule has 0 aliphatic heterocycles. The summed E-state index contributed by atoms with van der Waals surface area (Å²) >= 11 is 0. The minimum absolute atomic E-state index is 0. The summed E-state index contributed by atoms with van der Waals surface area (Å²) in [5.41, 5.74) is 5.94. The fourth-order valence-electron chi connectivity index (χ4n) is 3.89.